The van der Waals surface area contributed by atoms with E-state index in [0.717, 1.165) is 5.56 Å². The number of rotatable bonds is 6. The van der Waals surface area contributed by atoms with Crippen molar-refractivity contribution in [1.82, 2.24) is 24.9 Å². The van der Waals surface area contributed by atoms with Crippen LogP contribution in [-0.4, -0.2) is 24.9 Å². The Morgan fingerprint density at radius 3 is 2.79 bits per heavy atom. The summed E-state index contributed by atoms with van der Waals surface area (Å²) in [5.74, 6) is 1.60. The molecule has 0 fully saturated rings. The smallest absolute Gasteiger partial charge is 0.258 e. The normalized spacial score (nSPS) is 12.2. The van der Waals surface area contributed by atoms with Crippen molar-refractivity contribution in [3.05, 3.63) is 94.7 Å². The van der Waals surface area contributed by atoms with Crippen LogP contribution in [0.1, 0.15) is 28.2 Å². The van der Waals surface area contributed by atoms with Crippen LogP contribution in [0.2, 0.25) is 5.02 Å². The van der Waals surface area contributed by atoms with Crippen LogP contribution in [0.4, 0.5) is 4.39 Å². The first-order chi connectivity index (χ1) is 16.0. The lowest BCUT2D eigenvalue weighted by Gasteiger charge is -2.12. The maximum Gasteiger partial charge on any atom is 0.258 e. The summed E-state index contributed by atoms with van der Waals surface area (Å²) in [6.45, 7) is 2.16. The topological polar surface area (TPSA) is 82.8 Å². The van der Waals surface area contributed by atoms with Crippen LogP contribution in [0, 0.1) is 12.7 Å². The number of aromatic nitrogens is 5. The molecule has 5 rings (SSSR count). The summed E-state index contributed by atoms with van der Waals surface area (Å²) in [6.07, 6.45) is 1.57. The molecular weight excluding hydrogens is 465 g/mol. The number of hydrogen-bond donors (Lipinski definition) is 1. The Labute approximate surface area is 198 Å². The van der Waals surface area contributed by atoms with Crippen LogP contribution >= 0.6 is 24.2 Å². The molecule has 0 spiro atoms. The van der Waals surface area contributed by atoms with Crippen molar-refractivity contribution in [2.24, 2.45) is 0 Å². The fourth-order valence-electron chi connectivity index (χ4n) is 3.44. The summed E-state index contributed by atoms with van der Waals surface area (Å²) in [5, 5.41) is 12.5. The molecule has 1 atom stereocenters. The highest BCUT2D eigenvalue weighted by Gasteiger charge is 2.27. The SMILES string of the molecule is Cc1ccc(F)c(-c2nnc(C(S)c3noc(-c4cccc(Cl)c4)n3)n2Cc2ccco2)c1. The lowest BCUT2D eigenvalue weighted by atomic mass is 10.1. The summed E-state index contributed by atoms with van der Waals surface area (Å²) in [6, 6.07) is 15.5. The molecule has 10 heteroatoms. The van der Waals surface area contributed by atoms with Crippen LogP contribution < -0.4 is 0 Å². The predicted molar refractivity (Wildman–Crippen MR) is 124 cm³/mol. The first-order valence-corrected chi connectivity index (χ1v) is 10.9. The molecule has 0 aliphatic rings. The molecule has 33 heavy (non-hydrogen) atoms. The minimum atomic E-state index is -0.689. The average molecular weight is 482 g/mol. The second kappa shape index (κ2) is 8.84. The van der Waals surface area contributed by atoms with E-state index >= 15 is 0 Å². The van der Waals surface area contributed by atoms with Gasteiger partial charge in [-0.05, 0) is 49.4 Å². The minimum absolute atomic E-state index is 0.272. The minimum Gasteiger partial charge on any atom is -0.467 e. The quantitative estimate of drug-likeness (QED) is 0.311. The molecule has 166 valence electrons. The van der Waals surface area contributed by atoms with E-state index in [4.69, 9.17) is 20.5 Å². The molecule has 0 radical (unpaired) electrons. The zero-order valence-electron chi connectivity index (χ0n) is 17.3. The largest absolute Gasteiger partial charge is 0.467 e. The van der Waals surface area contributed by atoms with Gasteiger partial charge in [0.05, 0.1) is 18.4 Å². The summed E-state index contributed by atoms with van der Waals surface area (Å²) < 4.78 is 27.4. The van der Waals surface area contributed by atoms with Crippen molar-refractivity contribution < 1.29 is 13.3 Å². The third kappa shape index (κ3) is 4.29. The van der Waals surface area contributed by atoms with E-state index in [2.05, 4.69) is 33.0 Å². The first-order valence-electron chi connectivity index (χ1n) is 9.99. The van der Waals surface area contributed by atoms with Gasteiger partial charge in [0.15, 0.2) is 17.5 Å². The maximum atomic E-state index is 14.7. The van der Waals surface area contributed by atoms with E-state index < -0.39 is 11.1 Å². The zero-order chi connectivity index (χ0) is 22.9. The van der Waals surface area contributed by atoms with E-state index in [-0.39, 0.29) is 12.4 Å². The van der Waals surface area contributed by atoms with Crippen molar-refractivity contribution in [2.75, 3.05) is 0 Å². The molecule has 3 heterocycles. The highest BCUT2D eigenvalue weighted by molar-refractivity contribution is 7.80. The van der Waals surface area contributed by atoms with Crippen LogP contribution in [-0.2, 0) is 6.54 Å². The van der Waals surface area contributed by atoms with Gasteiger partial charge < -0.3 is 13.5 Å². The van der Waals surface area contributed by atoms with Crippen LogP contribution in [0.3, 0.4) is 0 Å². The number of hydrogen-bond acceptors (Lipinski definition) is 7. The summed E-state index contributed by atoms with van der Waals surface area (Å²) in [5.41, 5.74) is 1.90. The third-order valence-electron chi connectivity index (χ3n) is 5.04. The van der Waals surface area contributed by atoms with Gasteiger partial charge in [0.1, 0.15) is 16.8 Å². The zero-order valence-corrected chi connectivity index (χ0v) is 19.0. The van der Waals surface area contributed by atoms with Crippen LogP contribution in [0.25, 0.3) is 22.8 Å². The van der Waals surface area contributed by atoms with E-state index in [0.29, 0.717) is 39.4 Å². The highest BCUT2D eigenvalue weighted by atomic mass is 35.5. The van der Waals surface area contributed by atoms with Gasteiger partial charge in [0.2, 0.25) is 0 Å². The number of thiol groups is 1. The molecular formula is C23H17ClFN5O2S. The first kappa shape index (κ1) is 21.4. The molecule has 0 bridgehead atoms. The average Bonchev–Trinajstić information content (AvgIpc) is 3.57. The number of benzene rings is 2. The highest BCUT2D eigenvalue weighted by Crippen LogP contribution is 2.32. The van der Waals surface area contributed by atoms with Gasteiger partial charge in [0, 0.05) is 10.6 Å². The van der Waals surface area contributed by atoms with Gasteiger partial charge in [0.25, 0.3) is 5.89 Å². The van der Waals surface area contributed by atoms with Gasteiger partial charge in [-0.25, -0.2) is 4.39 Å². The molecule has 2 aromatic carbocycles. The Morgan fingerprint density at radius 2 is 2.00 bits per heavy atom. The number of nitrogens with zero attached hydrogens (tertiary/aromatic N) is 5. The number of furan rings is 1. The molecule has 0 saturated carbocycles. The number of halogens is 2. The van der Waals surface area contributed by atoms with Crippen molar-refractivity contribution in [3.8, 4) is 22.8 Å². The molecule has 0 saturated heterocycles. The Hall–Kier alpha value is -3.43. The standard InChI is InChI=1S/C23H17ClFN5O2S/c1-13-7-8-18(25)17(10-13)21-27-28-22(30(21)12-16-6-3-9-31-16)19(33)20-26-23(32-29-20)14-4-2-5-15(24)11-14/h2-11,19,33H,12H2,1H3. The fourth-order valence-corrected chi connectivity index (χ4v) is 3.93. The van der Waals surface area contributed by atoms with Crippen molar-refractivity contribution in [1.29, 1.82) is 0 Å². The maximum absolute atomic E-state index is 14.7. The van der Waals surface area contributed by atoms with Gasteiger partial charge >= 0.3 is 0 Å². The van der Waals surface area contributed by atoms with Crippen molar-refractivity contribution in [2.45, 2.75) is 18.7 Å². The van der Waals surface area contributed by atoms with E-state index in [9.17, 15) is 4.39 Å². The van der Waals surface area contributed by atoms with E-state index in [1.165, 1.54) is 6.07 Å². The molecule has 0 aliphatic carbocycles. The molecule has 0 aliphatic heterocycles. The monoisotopic (exact) mass is 481 g/mol. The predicted octanol–water partition coefficient (Wildman–Crippen LogP) is 5.76. The Balaban J connectivity index is 1.56. The molecule has 7 nitrogen and oxygen atoms in total. The van der Waals surface area contributed by atoms with E-state index in [1.807, 2.05) is 19.1 Å². The van der Waals surface area contributed by atoms with Gasteiger partial charge in [-0.1, -0.05) is 34.5 Å². The van der Waals surface area contributed by atoms with Crippen molar-refractivity contribution >= 4 is 24.2 Å². The lowest BCUT2D eigenvalue weighted by Crippen LogP contribution is -2.10. The van der Waals surface area contributed by atoms with Crippen LogP contribution in [0.5, 0.6) is 0 Å². The third-order valence-corrected chi connectivity index (χ3v) is 5.74. The summed E-state index contributed by atoms with van der Waals surface area (Å²) >= 11 is 10.8. The Kier molecular flexibility index (Phi) is 5.74. The number of aryl methyl sites for hydroxylation is 1. The summed E-state index contributed by atoms with van der Waals surface area (Å²) in [7, 11) is 0. The second-order valence-corrected chi connectivity index (χ2v) is 8.35. The molecule has 3 aromatic heterocycles. The van der Waals surface area contributed by atoms with Gasteiger partial charge in [-0.3, -0.25) is 0 Å². The van der Waals surface area contributed by atoms with Gasteiger partial charge in [-0.15, -0.1) is 10.2 Å². The Morgan fingerprint density at radius 1 is 1.12 bits per heavy atom. The molecule has 1 unspecified atom stereocenters. The molecule has 0 amide bonds. The van der Waals surface area contributed by atoms with Gasteiger partial charge in [-0.2, -0.15) is 17.6 Å². The van der Waals surface area contributed by atoms with Crippen molar-refractivity contribution in [3.63, 3.8) is 0 Å². The molecule has 5 aromatic rings. The fraction of sp³-hybridized carbons (Fsp3) is 0.130. The lowest BCUT2D eigenvalue weighted by molar-refractivity contribution is 0.422. The van der Waals surface area contributed by atoms with E-state index in [1.54, 1.807) is 47.2 Å². The summed E-state index contributed by atoms with van der Waals surface area (Å²) in [4.78, 5) is 4.46. The second-order valence-electron chi connectivity index (χ2n) is 7.40. The molecule has 0 N–H and O–H groups in total. The Bertz CT molecular complexity index is 1420. The van der Waals surface area contributed by atoms with Crippen LogP contribution in [0.15, 0.2) is 69.8 Å².